The van der Waals surface area contributed by atoms with Crippen LogP contribution >= 0.6 is 0 Å². The Morgan fingerprint density at radius 2 is 1.67 bits per heavy atom. The highest BCUT2D eigenvalue weighted by atomic mass is 19.1. The Morgan fingerprint density at radius 1 is 0.967 bits per heavy atom. The molecule has 148 valence electrons. The van der Waals surface area contributed by atoms with Crippen LogP contribution in [0.25, 0.3) is 16.7 Å². The summed E-state index contributed by atoms with van der Waals surface area (Å²) in [5, 5.41) is 11.3. The second kappa shape index (κ2) is 7.40. The van der Waals surface area contributed by atoms with Crippen molar-refractivity contribution in [3.8, 4) is 17.2 Å². The van der Waals surface area contributed by atoms with E-state index in [1.54, 1.807) is 24.0 Å². The van der Waals surface area contributed by atoms with Gasteiger partial charge in [-0.1, -0.05) is 16.9 Å². The monoisotopic (exact) mass is 401 g/mol. The highest BCUT2D eigenvalue weighted by Crippen LogP contribution is 2.26. The van der Waals surface area contributed by atoms with Crippen LogP contribution in [0.5, 0.6) is 11.5 Å². The average Bonchev–Trinajstić information content (AvgIpc) is 3.33. The van der Waals surface area contributed by atoms with Gasteiger partial charge >= 0.3 is 5.82 Å². The van der Waals surface area contributed by atoms with Gasteiger partial charge in [0.1, 0.15) is 30.2 Å². The third kappa shape index (κ3) is 3.50. The summed E-state index contributed by atoms with van der Waals surface area (Å²) in [7, 11) is 1.79. The molecule has 2 aromatic heterocycles. The van der Waals surface area contributed by atoms with Gasteiger partial charge in [-0.25, -0.2) is 9.37 Å². The molecular weight excluding hydrogens is 383 g/mol. The third-order valence-corrected chi connectivity index (χ3v) is 4.68. The first-order valence-corrected chi connectivity index (χ1v) is 9.43. The van der Waals surface area contributed by atoms with Crippen LogP contribution in [0.4, 0.5) is 4.39 Å². The Hall–Kier alpha value is -4.07. The first-order valence-electron chi connectivity index (χ1n) is 9.43. The number of rotatable bonds is 5. The summed E-state index contributed by atoms with van der Waals surface area (Å²) in [6.45, 7) is 0. The van der Waals surface area contributed by atoms with Crippen LogP contribution in [0, 0.1) is 5.82 Å². The molecule has 0 aliphatic rings. The Kier molecular flexibility index (Phi) is 4.44. The number of aromatic nitrogens is 6. The van der Waals surface area contributed by atoms with Crippen LogP contribution in [0.1, 0.15) is 11.6 Å². The maximum atomic E-state index is 13.1. The van der Waals surface area contributed by atoms with Gasteiger partial charge in [0.15, 0.2) is 0 Å². The number of para-hydroxylation sites is 2. The average molecular weight is 401 g/mol. The minimum atomic E-state index is -0.294. The highest BCUT2D eigenvalue weighted by Gasteiger charge is 2.18. The van der Waals surface area contributed by atoms with E-state index in [4.69, 9.17) is 9.72 Å². The predicted molar refractivity (Wildman–Crippen MR) is 108 cm³/mol. The molecule has 30 heavy (non-hydrogen) atoms. The van der Waals surface area contributed by atoms with Crippen molar-refractivity contribution in [2.75, 3.05) is 0 Å². The zero-order valence-corrected chi connectivity index (χ0v) is 16.2. The van der Waals surface area contributed by atoms with Crippen molar-refractivity contribution in [1.29, 1.82) is 0 Å². The fourth-order valence-electron chi connectivity index (χ4n) is 3.35. The molecule has 0 radical (unpaired) electrons. The Bertz CT molecular complexity index is 1310. The fraction of sp³-hybridized carbons (Fsp3) is 0.0909. The molecule has 0 spiro atoms. The second-order valence-electron chi connectivity index (χ2n) is 6.83. The molecule has 8 heteroatoms. The summed E-state index contributed by atoms with van der Waals surface area (Å²) in [5.41, 5.74) is 2.85. The number of ether oxygens (including phenoxy) is 1. The van der Waals surface area contributed by atoms with Gasteiger partial charge < -0.3 is 4.74 Å². The van der Waals surface area contributed by atoms with E-state index in [0.717, 1.165) is 22.5 Å². The summed E-state index contributed by atoms with van der Waals surface area (Å²) < 4.78 is 21.0. The molecule has 1 N–H and O–H groups in total. The summed E-state index contributed by atoms with van der Waals surface area (Å²) >= 11 is 0. The molecule has 3 aromatic carbocycles. The summed E-state index contributed by atoms with van der Waals surface area (Å²) in [5.74, 6) is 2.44. The maximum Gasteiger partial charge on any atom is 0.315 e. The number of fused-ring (bicyclic) bond motifs is 1. The Labute approximate surface area is 171 Å². The summed E-state index contributed by atoms with van der Waals surface area (Å²) in [6.07, 6.45) is 0.486. The fourth-order valence-corrected chi connectivity index (χ4v) is 3.35. The molecular formula is C22H18FN6O+. The molecule has 0 amide bonds. The Morgan fingerprint density at radius 3 is 2.37 bits per heavy atom. The van der Waals surface area contributed by atoms with Crippen LogP contribution in [-0.4, -0.2) is 25.0 Å². The van der Waals surface area contributed by atoms with Crippen molar-refractivity contribution in [3.05, 3.63) is 90.3 Å². The number of nitrogens with one attached hydrogen (secondary N) is 1. The van der Waals surface area contributed by atoms with E-state index in [0.29, 0.717) is 23.7 Å². The van der Waals surface area contributed by atoms with Gasteiger partial charge in [0, 0.05) is 5.69 Å². The van der Waals surface area contributed by atoms with E-state index in [-0.39, 0.29) is 5.82 Å². The molecule has 0 saturated heterocycles. The predicted octanol–water partition coefficient (Wildman–Crippen LogP) is 3.49. The normalized spacial score (nSPS) is 11.1. The number of H-pyrrole nitrogens is 1. The van der Waals surface area contributed by atoms with Gasteiger partial charge in [-0.3, -0.25) is 4.57 Å². The lowest BCUT2D eigenvalue weighted by molar-refractivity contribution is -0.784. The first-order chi connectivity index (χ1) is 14.7. The van der Waals surface area contributed by atoms with Crippen LogP contribution in [-0.2, 0) is 13.5 Å². The minimum Gasteiger partial charge on any atom is -0.457 e. The number of nitrogens with zero attached hydrogens (tertiary/aromatic N) is 5. The number of aromatic amines is 1. The molecule has 0 aliphatic carbocycles. The number of tetrazole rings is 1. The summed E-state index contributed by atoms with van der Waals surface area (Å²) in [4.78, 5) is 6.34. The molecule has 0 unspecified atom stereocenters. The van der Waals surface area contributed by atoms with Crippen LogP contribution in [0.3, 0.4) is 0 Å². The molecule has 0 aliphatic heterocycles. The van der Waals surface area contributed by atoms with Crippen molar-refractivity contribution < 1.29 is 13.9 Å². The van der Waals surface area contributed by atoms with E-state index in [1.165, 1.54) is 12.1 Å². The zero-order chi connectivity index (χ0) is 20.5. The number of benzene rings is 3. The molecule has 2 heterocycles. The van der Waals surface area contributed by atoms with Gasteiger partial charge in [-0.05, 0) is 71.0 Å². The van der Waals surface area contributed by atoms with Gasteiger partial charge in [0.05, 0.1) is 22.6 Å². The maximum absolute atomic E-state index is 13.1. The molecule has 5 rings (SSSR count). The van der Waals surface area contributed by atoms with Crippen molar-refractivity contribution in [2.24, 2.45) is 7.05 Å². The molecule has 5 aromatic rings. The summed E-state index contributed by atoms with van der Waals surface area (Å²) in [6, 6.07) is 21.6. The molecule has 0 bridgehead atoms. The van der Waals surface area contributed by atoms with Crippen molar-refractivity contribution in [2.45, 2.75) is 6.42 Å². The number of hydrogen-bond donors (Lipinski definition) is 1. The lowest BCUT2D eigenvalue weighted by Crippen LogP contribution is -2.33. The van der Waals surface area contributed by atoms with Gasteiger partial charge in [-0.15, -0.1) is 0 Å². The molecule has 0 saturated carbocycles. The quantitative estimate of drug-likeness (QED) is 0.458. The third-order valence-electron chi connectivity index (χ3n) is 4.68. The largest absolute Gasteiger partial charge is 0.457 e. The van der Waals surface area contributed by atoms with E-state index >= 15 is 0 Å². The van der Waals surface area contributed by atoms with E-state index in [1.807, 2.05) is 48.5 Å². The minimum absolute atomic E-state index is 0.294. The van der Waals surface area contributed by atoms with E-state index in [9.17, 15) is 4.39 Å². The second-order valence-corrected chi connectivity index (χ2v) is 6.83. The lowest BCUT2D eigenvalue weighted by atomic mass is 10.2. The molecule has 0 fully saturated rings. The standard InChI is InChI=1S/C22H17FN6O/c1-28-26-21(25-27-28)14-22-24-19-4-2-3-5-20(19)29(22)16-8-12-18(13-9-16)30-17-10-6-15(23)7-11-17/h2-13H,14H2,1H3/p+1. The smallest absolute Gasteiger partial charge is 0.315 e. The van der Waals surface area contributed by atoms with Gasteiger partial charge in [0.2, 0.25) is 0 Å². The van der Waals surface area contributed by atoms with Gasteiger partial charge in [0.25, 0.3) is 0 Å². The Balaban J connectivity index is 1.50. The van der Waals surface area contributed by atoms with Gasteiger partial charge in [-0.2, -0.15) is 0 Å². The van der Waals surface area contributed by atoms with E-state index < -0.39 is 0 Å². The number of aryl methyl sites for hydroxylation is 1. The lowest BCUT2D eigenvalue weighted by Gasteiger charge is -2.10. The SMILES string of the molecule is C[n+]1nc(Cc2nc3ccccc3n2-c2ccc(Oc3ccc(F)cc3)cc2)n[nH]1. The zero-order valence-electron chi connectivity index (χ0n) is 16.2. The highest BCUT2D eigenvalue weighted by molar-refractivity contribution is 5.78. The van der Waals surface area contributed by atoms with Crippen LogP contribution < -0.4 is 9.53 Å². The first kappa shape index (κ1) is 18.0. The van der Waals surface area contributed by atoms with Crippen molar-refractivity contribution >= 4 is 11.0 Å². The topological polar surface area (TPSA) is 72.5 Å². The molecule has 0 atom stereocenters. The number of imidazole rings is 1. The van der Waals surface area contributed by atoms with Crippen LogP contribution in [0.15, 0.2) is 72.8 Å². The van der Waals surface area contributed by atoms with Crippen molar-refractivity contribution in [3.63, 3.8) is 0 Å². The van der Waals surface area contributed by atoms with Crippen molar-refractivity contribution in [1.82, 2.24) is 25.0 Å². The number of halogens is 1. The van der Waals surface area contributed by atoms with Crippen LogP contribution in [0.2, 0.25) is 0 Å². The van der Waals surface area contributed by atoms with E-state index in [2.05, 4.69) is 20.0 Å². The molecule has 7 nitrogen and oxygen atoms in total. The number of hydrogen-bond acceptors (Lipinski definition) is 4.